The van der Waals surface area contributed by atoms with Gasteiger partial charge >= 0.3 is 0 Å². The van der Waals surface area contributed by atoms with Gasteiger partial charge in [0.25, 0.3) is 0 Å². The molecule has 0 saturated carbocycles. The predicted octanol–water partition coefficient (Wildman–Crippen LogP) is 2.55. The molecule has 3 nitrogen and oxygen atoms in total. The van der Waals surface area contributed by atoms with Crippen LogP contribution >= 0.6 is 0 Å². The Bertz CT molecular complexity index is 564. The summed E-state index contributed by atoms with van der Waals surface area (Å²) in [6.07, 6.45) is 3.22. The van der Waals surface area contributed by atoms with Crippen molar-refractivity contribution in [2.45, 2.75) is 6.04 Å². The van der Waals surface area contributed by atoms with Gasteiger partial charge in [-0.25, -0.2) is 0 Å². The van der Waals surface area contributed by atoms with Crippen LogP contribution in [0.15, 0.2) is 66.7 Å². The Morgan fingerprint density at radius 1 is 1.05 bits per heavy atom. The second-order valence-electron chi connectivity index (χ2n) is 4.40. The molecule has 2 aromatic rings. The average Bonchev–Trinajstić information content (AvgIpc) is 2.52. The van der Waals surface area contributed by atoms with Gasteiger partial charge in [-0.1, -0.05) is 60.7 Å². The molecule has 0 saturated heterocycles. The number of aliphatic hydroxyl groups is 1. The second kappa shape index (κ2) is 7.26. The fraction of sp³-hybridized carbons (Fsp3) is 0.118. The number of benzene rings is 2. The van der Waals surface area contributed by atoms with Gasteiger partial charge in [0, 0.05) is 6.08 Å². The largest absolute Gasteiger partial charge is 0.394 e. The van der Waals surface area contributed by atoms with E-state index in [2.05, 4.69) is 5.32 Å². The van der Waals surface area contributed by atoms with Gasteiger partial charge in [0.2, 0.25) is 5.91 Å². The van der Waals surface area contributed by atoms with Crippen LogP contribution < -0.4 is 5.32 Å². The van der Waals surface area contributed by atoms with Crippen LogP contribution in [0.4, 0.5) is 0 Å². The lowest BCUT2D eigenvalue weighted by atomic mass is 10.1. The summed E-state index contributed by atoms with van der Waals surface area (Å²) >= 11 is 0. The summed E-state index contributed by atoms with van der Waals surface area (Å²) in [5.74, 6) is -0.225. The lowest BCUT2D eigenvalue weighted by molar-refractivity contribution is -0.117. The van der Waals surface area contributed by atoms with Gasteiger partial charge in [-0.15, -0.1) is 0 Å². The molecule has 1 amide bonds. The van der Waals surface area contributed by atoms with Gasteiger partial charge in [0.05, 0.1) is 12.6 Å². The first-order valence-corrected chi connectivity index (χ1v) is 6.49. The predicted molar refractivity (Wildman–Crippen MR) is 79.9 cm³/mol. The lowest BCUT2D eigenvalue weighted by Crippen LogP contribution is -2.29. The first-order valence-electron chi connectivity index (χ1n) is 6.49. The van der Waals surface area contributed by atoms with E-state index in [1.54, 1.807) is 6.08 Å². The number of carbonyl (C=O) groups excluding carboxylic acids is 1. The Balaban J connectivity index is 1.98. The van der Waals surface area contributed by atoms with Crippen LogP contribution in [0.5, 0.6) is 0 Å². The van der Waals surface area contributed by atoms with Gasteiger partial charge < -0.3 is 10.4 Å². The van der Waals surface area contributed by atoms with Crippen LogP contribution in [-0.4, -0.2) is 17.6 Å². The average molecular weight is 267 g/mol. The summed E-state index contributed by atoms with van der Waals surface area (Å²) in [5, 5.41) is 12.2. The Morgan fingerprint density at radius 3 is 2.25 bits per heavy atom. The molecule has 1 atom stereocenters. The van der Waals surface area contributed by atoms with E-state index in [4.69, 9.17) is 0 Å². The Hall–Kier alpha value is -2.39. The highest BCUT2D eigenvalue weighted by atomic mass is 16.3. The zero-order valence-corrected chi connectivity index (χ0v) is 11.1. The van der Waals surface area contributed by atoms with Crippen molar-refractivity contribution in [3.63, 3.8) is 0 Å². The van der Waals surface area contributed by atoms with Crippen molar-refractivity contribution in [2.75, 3.05) is 6.61 Å². The Morgan fingerprint density at radius 2 is 1.65 bits per heavy atom. The Kier molecular flexibility index (Phi) is 5.09. The molecular formula is C17H17NO2. The first-order chi connectivity index (χ1) is 9.79. The van der Waals surface area contributed by atoms with E-state index in [9.17, 15) is 9.90 Å². The third-order valence-corrected chi connectivity index (χ3v) is 2.93. The van der Waals surface area contributed by atoms with E-state index in [0.29, 0.717) is 0 Å². The lowest BCUT2D eigenvalue weighted by Gasteiger charge is -2.15. The van der Waals surface area contributed by atoms with Crippen molar-refractivity contribution in [3.05, 3.63) is 77.9 Å². The van der Waals surface area contributed by atoms with E-state index in [0.717, 1.165) is 11.1 Å². The van der Waals surface area contributed by atoms with Gasteiger partial charge in [-0.3, -0.25) is 4.79 Å². The summed E-state index contributed by atoms with van der Waals surface area (Å²) in [4.78, 5) is 11.8. The second-order valence-corrected chi connectivity index (χ2v) is 4.40. The highest BCUT2D eigenvalue weighted by molar-refractivity contribution is 5.92. The van der Waals surface area contributed by atoms with Crippen LogP contribution in [0.2, 0.25) is 0 Å². The maximum absolute atomic E-state index is 11.8. The summed E-state index contributed by atoms with van der Waals surface area (Å²) < 4.78 is 0. The van der Waals surface area contributed by atoms with Crippen LogP contribution in [-0.2, 0) is 4.79 Å². The number of rotatable bonds is 5. The van der Waals surface area contributed by atoms with Gasteiger partial charge in [-0.2, -0.15) is 0 Å². The quantitative estimate of drug-likeness (QED) is 0.818. The minimum atomic E-state index is -0.385. The molecule has 1 unspecified atom stereocenters. The molecule has 0 fully saturated rings. The van der Waals surface area contributed by atoms with E-state index < -0.39 is 0 Å². The molecule has 0 aliphatic heterocycles. The summed E-state index contributed by atoms with van der Waals surface area (Å²) in [7, 11) is 0. The summed E-state index contributed by atoms with van der Waals surface area (Å²) in [6, 6.07) is 18.6. The molecule has 0 radical (unpaired) electrons. The molecule has 0 spiro atoms. The van der Waals surface area contributed by atoms with Crippen LogP contribution in [0.1, 0.15) is 17.2 Å². The highest BCUT2D eigenvalue weighted by Gasteiger charge is 2.11. The maximum atomic E-state index is 11.8. The molecule has 2 aromatic carbocycles. The van der Waals surface area contributed by atoms with Crippen LogP contribution in [0, 0.1) is 0 Å². The molecular weight excluding hydrogens is 250 g/mol. The standard InChI is InChI=1S/C17H17NO2/c19-13-16(15-9-5-2-6-10-15)18-17(20)12-11-14-7-3-1-4-8-14/h1-12,16,19H,13H2,(H,18,20)/b12-11+. The molecule has 2 rings (SSSR count). The molecule has 0 aliphatic rings. The number of nitrogens with one attached hydrogen (secondary N) is 1. The fourth-order valence-electron chi connectivity index (χ4n) is 1.88. The minimum Gasteiger partial charge on any atom is -0.394 e. The Labute approximate surface area is 118 Å². The topological polar surface area (TPSA) is 49.3 Å². The summed E-state index contributed by atoms with van der Waals surface area (Å²) in [6.45, 7) is -0.130. The van der Waals surface area contributed by atoms with Gasteiger partial charge in [-0.05, 0) is 17.2 Å². The summed E-state index contributed by atoms with van der Waals surface area (Å²) in [5.41, 5.74) is 1.85. The molecule has 0 bridgehead atoms. The van der Waals surface area contributed by atoms with Crippen molar-refractivity contribution < 1.29 is 9.90 Å². The normalized spacial score (nSPS) is 12.2. The van der Waals surface area contributed by atoms with E-state index in [1.165, 1.54) is 6.08 Å². The molecule has 0 aliphatic carbocycles. The monoisotopic (exact) mass is 267 g/mol. The molecule has 0 aromatic heterocycles. The van der Waals surface area contributed by atoms with Crippen molar-refractivity contribution in [1.82, 2.24) is 5.32 Å². The maximum Gasteiger partial charge on any atom is 0.244 e. The molecule has 2 N–H and O–H groups in total. The van der Waals surface area contributed by atoms with Crippen molar-refractivity contribution >= 4 is 12.0 Å². The van der Waals surface area contributed by atoms with Gasteiger partial charge in [0.1, 0.15) is 0 Å². The molecule has 102 valence electrons. The fourth-order valence-corrected chi connectivity index (χ4v) is 1.88. The smallest absolute Gasteiger partial charge is 0.244 e. The number of amides is 1. The third-order valence-electron chi connectivity index (χ3n) is 2.93. The minimum absolute atomic E-state index is 0.130. The van der Waals surface area contributed by atoms with E-state index in [1.807, 2.05) is 60.7 Å². The number of hydrogen-bond donors (Lipinski definition) is 2. The van der Waals surface area contributed by atoms with Crippen molar-refractivity contribution in [2.24, 2.45) is 0 Å². The van der Waals surface area contributed by atoms with Gasteiger partial charge in [0.15, 0.2) is 0 Å². The molecule has 3 heteroatoms. The number of hydrogen-bond acceptors (Lipinski definition) is 2. The van der Waals surface area contributed by atoms with Crippen LogP contribution in [0.25, 0.3) is 6.08 Å². The molecule has 20 heavy (non-hydrogen) atoms. The van der Waals surface area contributed by atoms with Crippen molar-refractivity contribution in [3.8, 4) is 0 Å². The van der Waals surface area contributed by atoms with Crippen LogP contribution in [0.3, 0.4) is 0 Å². The van der Waals surface area contributed by atoms with Crippen molar-refractivity contribution in [1.29, 1.82) is 0 Å². The third kappa shape index (κ3) is 4.07. The SMILES string of the molecule is O=C(/C=C/c1ccccc1)NC(CO)c1ccccc1. The van der Waals surface area contributed by atoms with E-state index in [-0.39, 0.29) is 18.6 Å². The molecule has 0 heterocycles. The van der Waals surface area contributed by atoms with E-state index >= 15 is 0 Å². The zero-order valence-electron chi connectivity index (χ0n) is 11.1. The zero-order chi connectivity index (χ0) is 14.2. The highest BCUT2D eigenvalue weighted by Crippen LogP contribution is 2.11. The number of aliphatic hydroxyl groups excluding tert-OH is 1. The number of carbonyl (C=O) groups is 1. The first kappa shape index (κ1) is 14.0.